The number of likely N-dealkylation sites (N-methyl/N-ethyl adjacent to an activating group) is 2. The zero-order valence-electron chi connectivity index (χ0n) is 24.1. The number of para-hydroxylation sites is 1. The summed E-state index contributed by atoms with van der Waals surface area (Å²) in [4.78, 5) is 43.6. The highest BCUT2D eigenvalue weighted by Crippen LogP contribution is 2.20. The zero-order chi connectivity index (χ0) is 29.1. The molecule has 0 aromatic heterocycles. The molecule has 1 unspecified atom stereocenters. The molecular formula is C31H44N4O5. The monoisotopic (exact) mass is 552 g/mol. The molecule has 2 aromatic rings. The number of carbonyl (C=O) groups is 3. The molecule has 3 amide bonds. The minimum Gasteiger partial charge on any atom is -0.492 e. The predicted molar refractivity (Wildman–Crippen MR) is 155 cm³/mol. The van der Waals surface area contributed by atoms with Crippen molar-refractivity contribution >= 4 is 17.7 Å². The van der Waals surface area contributed by atoms with Crippen LogP contribution in [0.3, 0.4) is 0 Å². The molecule has 3 rings (SSSR count). The second-order valence-corrected chi connectivity index (χ2v) is 10.5. The van der Waals surface area contributed by atoms with Gasteiger partial charge in [-0.05, 0) is 36.0 Å². The van der Waals surface area contributed by atoms with Crippen molar-refractivity contribution in [1.82, 2.24) is 20.4 Å². The molecule has 0 saturated carbocycles. The molecule has 9 heteroatoms. The molecule has 2 aromatic carbocycles. The average molecular weight is 553 g/mol. The van der Waals surface area contributed by atoms with Crippen LogP contribution in [0.4, 0.5) is 0 Å². The molecule has 4 atom stereocenters. The van der Waals surface area contributed by atoms with Crippen molar-refractivity contribution in [2.45, 2.75) is 57.7 Å². The lowest BCUT2D eigenvalue weighted by Crippen LogP contribution is -2.59. The fourth-order valence-corrected chi connectivity index (χ4v) is 4.95. The summed E-state index contributed by atoms with van der Waals surface area (Å²) in [6.45, 7) is 4.71. The molecule has 9 nitrogen and oxygen atoms in total. The number of ether oxygens (including phenoxy) is 1. The molecule has 0 spiro atoms. The molecule has 40 heavy (non-hydrogen) atoms. The highest BCUT2D eigenvalue weighted by atomic mass is 16.5. The van der Waals surface area contributed by atoms with E-state index in [1.165, 1.54) is 11.9 Å². The highest BCUT2D eigenvalue weighted by molar-refractivity contribution is 5.93. The SMILES string of the molecule is CCC(C)[C@@H]1NCCOc2ccccc2CCCN(C)C(=O)[C@@H](Cc2ccccc2)NC(=O)[C@@H](CO)N(C)C1=O. The first kappa shape index (κ1) is 31.1. The number of nitrogens with zero attached hydrogens (tertiary/aromatic N) is 2. The topological polar surface area (TPSA) is 111 Å². The smallest absolute Gasteiger partial charge is 0.245 e. The van der Waals surface area contributed by atoms with Crippen molar-refractivity contribution in [3.05, 3.63) is 65.7 Å². The fraction of sp³-hybridized carbons (Fsp3) is 0.516. The van der Waals surface area contributed by atoms with Gasteiger partial charge in [0.15, 0.2) is 0 Å². The first-order valence-corrected chi connectivity index (χ1v) is 14.2. The van der Waals surface area contributed by atoms with Crippen molar-refractivity contribution in [2.24, 2.45) is 5.92 Å². The van der Waals surface area contributed by atoms with Gasteiger partial charge < -0.3 is 30.3 Å². The number of hydrogen-bond acceptors (Lipinski definition) is 6. The van der Waals surface area contributed by atoms with Crippen LogP contribution in [-0.4, -0.2) is 91.2 Å². The second kappa shape index (κ2) is 15.4. The molecule has 218 valence electrons. The maximum Gasteiger partial charge on any atom is 0.245 e. The van der Waals surface area contributed by atoms with Crippen LogP contribution in [0.2, 0.25) is 0 Å². The molecule has 1 aliphatic rings. The van der Waals surface area contributed by atoms with Gasteiger partial charge in [0.05, 0.1) is 12.6 Å². The lowest BCUT2D eigenvalue weighted by atomic mass is 9.97. The van der Waals surface area contributed by atoms with Crippen LogP contribution in [-0.2, 0) is 27.2 Å². The molecule has 0 bridgehead atoms. The lowest BCUT2D eigenvalue weighted by Gasteiger charge is -2.33. The molecule has 0 aliphatic carbocycles. The number of aryl methyl sites for hydroxylation is 1. The standard InChI is InChI=1S/C31H44N4O5/c1-5-22(2)28-31(39)35(4)26(21-36)29(37)33-25(20-23-12-7-6-8-13-23)30(38)34(3)18-11-15-24-14-9-10-16-27(24)40-19-17-32-28/h6-10,12-14,16,22,25-26,28,32,36H,5,11,15,17-21H2,1-4H3,(H,33,37)/t22?,25-,26-,28+/m1/s1. The summed E-state index contributed by atoms with van der Waals surface area (Å²) in [6, 6.07) is 14.8. The van der Waals surface area contributed by atoms with Crippen LogP contribution in [0.25, 0.3) is 0 Å². The van der Waals surface area contributed by atoms with E-state index in [4.69, 9.17) is 4.74 Å². The van der Waals surface area contributed by atoms with Gasteiger partial charge in [-0.1, -0.05) is 68.8 Å². The summed E-state index contributed by atoms with van der Waals surface area (Å²) >= 11 is 0. The van der Waals surface area contributed by atoms with E-state index in [-0.39, 0.29) is 17.7 Å². The van der Waals surface area contributed by atoms with E-state index in [2.05, 4.69) is 10.6 Å². The van der Waals surface area contributed by atoms with Crippen molar-refractivity contribution in [3.63, 3.8) is 0 Å². The van der Waals surface area contributed by atoms with Crippen molar-refractivity contribution in [3.8, 4) is 5.75 Å². The molecule has 0 fully saturated rings. The molecule has 1 heterocycles. The summed E-state index contributed by atoms with van der Waals surface area (Å²) in [5, 5.41) is 16.3. The summed E-state index contributed by atoms with van der Waals surface area (Å²) in [7, 11) is 3.25. The normalized spacial score (nSPS) is 22.9. The van der Waals surface area contributed by atoms with Gasteiger partial charge in [0, 0.05) is 33.6 Å². The number of hydrogen-bond donors (Lipinski definition) is 3. The van der Waals surface area contributed by atoms with Crippen LogP contribution in [0, 0.1) is 5.92 Å². The van der Waals surface area contributed by atoms with E-state index in [9.17, 15) is 19.5 Å². The largest absolute Gasteiger partial charge is 0.492 e. The number of carbonyl (C=O) groups excluding carboxylic acids is 3. The van der Waals surface area contributed by atoms with E-state index in [1.807, 2.05) is 68.4 Å². The number of rotatable bonds is 5. The number of benzene rings is 2. The van der Waals surface area contributed by atoms with Gasteiger partial charge in [0.25, 0.3) is 0 Å². The van der Waals surface area contributed by atoms with Gasteiger partial charge in [-0.25, -0.2) is 0 Å². The zero-order valence-corrected chi connectivity index (χ0v) is 24.1. The number of fused-ring (bicyclic) bond motifs is 1. The Morgan fingerprint density at radius 1 is 1.02 bits per heavy atom. The third-order valence-corrected chi connectivity index (χ3v) is 7.68. The third-order valence-electron chi connectivity index (χ3n) is 7.68. The van der Waals surface area contributed by atoms with Gasteiger partial charge in [0.2, 0.25) is 17.7 Å². The Balaban J connectivity index is 1.92. The van der Waals surface area contributed by atoms with Gasteiger partial charge in [-0.3, -0.25) is 14.4 Å². The Bertz CT molecular complexity index is 1110. The molecular weight excluding hydrogens is 508 g/mol. The summed E-state index contributed by atoms with van der Waals surface area (Å²) in [5.74, 6) is -0.322. The first-order chi connectivity index (χ1) is 19.3. The van der Waals surface area contributed by atoms with Crippen LogP contribution in [0.5, 0.6) is 5.75 Å². The number of amides is 3. The number of aliphatic hydroxyl groups excluding tert-OH is 1. The van der Waals surface area contributed by atoms with Crippen LogP contribution in [0.15, 0.2) is 54.6 Å². The van der Waals surface area contributed by atoms with Gasteiger partial charge in [0.1, 0.15) is 24.4 Å². The Morgan fingerprint density at radius 3 is 2.42 bits per heavy atom. The molecule has 0 saturated heterocycles. The number of aliphatic hydroxyl groups is 1. The predicted octanol–water partition coefficient (Wildman–Crippen LogP) is 2.02. The van der Waals surface area contributed by atoms with E-state index >= 15 is 0 Å². The van der Waals surface area contributed by atoms with E-state index < -0.39 is 30.6 Å². The van der Waals surface area contributed by atoms with Gasteiger partial charge >= 0.3 is 0 Å². The van der Waals surface area contributed by atoms with Crippen LogP contribution >= 0.6 is 0 Å². The Morgan fingerprint density at radius 2 is 1.73 bits per heavy atom. The Labute approximate surface area is 237 Å². The van der Waals surface area contributed by atoms with Gasteiger partial charge in [-0.2, -0.15) is 0 Å². The molecule has 1 aliphatic heterocycles. The summed E-state index contributed by atoms with van der Waals surface area (Å²) < 4.78 is 6.08. The van der Waals surface area contributed by atoms with E-state index in [0.29, 0.717) is 26.1 Å². The minimum absolute atomic E-state index is 0.0173. The summed E-state index contributed by atoms with van der Waals surface area (Å²) in [5.41, 5.74) is 1.95. The second-order valence-electron chi connectivity index (χ2n) is 10.5. The summed E-state index contributed by atoms with van der Waals surface area (Å²) in [6.07, 6.45) is 2.48. The minimum atomic E-state index is -1.14. The van der Waals surface area contributed by atoms with Crippen LogP contribution < -0.4 is 15.4 Å². The van der Waals surface area contributed by atoms with Gasteiger partial charge in [-0.15, -0.1) is 0 Å². The average Bonchev–Trinajstić information content (AvgIpc) is 2.96. The lowest BCUT2D eigenvalue weighted by molar-refractivity contribution is -0.144. The third kappa shape index (κ3) is 8.29. The maximum absolute atomic E-state index is 13.6. The maximum atomic E-state index is 13.6. The van der Waals surface area contributed by atoms with Crippen molar-refractivity contribution in [2.75, 3.05) is 40.4 Å². The fourth-order valence-electron chi connectivity index (χ4n) is 4.95. The molecule has 0 radical (unpaired) electrons. The quantitative estimate of drug-likeness (QED) is 0.524. The van der Waals surface area contributed by atoms with E-state index in [1.54, 1.807) is 11.9 Å². The Kier molecular flexibility index (Phi) is 12.0. The molecule has 3 N–H and O–H groups in total. The van der Waals surface area contributed by atoms with Crippen molar-refractivity contribution in [1.29, 1.82) is 0 Å². The highest BCUT2D eigenvalue weighted by Gasteiger charge is 2.35. The van der Waals surface area contributed by atoms with Crippen LogP contribution in [0.1, 0.15) is 37.8 Å². The first-order valence-electron chi connectivity index (χ1n) is 14.2. The van der Waals surface area contributed by atoms with E-state index in [0.717, 1.165) is 36.1 Å². The Hall–Kier alpha value is -3.43. The number of nitrogens with one attached hydrogen (secondary N) is 2. The van der Waals surface area contributed by atoms with Crippen molar-refractivity contribution < 1.29 is 24.2 Å².